The first-order valence-electron chi connectivity index (χ1n) is 11.1. The molecule has 0 saturated carbocycles. The first-order valence-corrected chi connectivity index (χ1v) is 11.9. The van der Waals surface area contributed by atoms with E-state index >= 15 is 0 Å². The lowest BCUT2D eigenvalue weighted by atomic mass is 10.1. The van der Waals surface area contributed by atoms with Crippen LogP contribution in [-0.4, -0.2) is 33.4 Å². The van der Waals surface area contributed by atoms with Gasteiger partial charge >= 0.3 is 12.1 Å². The van der Waals surface area contributed by atoms with E-state index in [9.17, 15) is 22.8 Å². The van der Waals surface area contributed by atoms with Crippen LogP contribution in [0.25, 0.3) is 21.5 Å². The Bertz CT molecular complexity index is 1520. The summed E-state index contributed by atoms with van der Waals surface area (Å²) in [4.78, 5) is 36.4. The van der Waals surface area contributed by atoms with Gasteiger partial charge in [0.05, 0.1) is 16.0 Å². The van der Waals surface area contributed by atoms with Crippen molar-refractivity contribution in [2.75, 3.05) is 11.9 Å². The van der Waals surface area contributed by atoms with Crippen LogP contribution in [0, 0.1) is 0 Å². The monoisotopic (exact) mass is 540 g/mol. The minimum Gasteiger partial charge on any atom is -0.452 e. The third-order valence-corrected chi connectivity index (χ3v) is 5.81. The number of fused-ring (bicyclic) bond motifs is 1. The van der Waals surface area contributed by atoms with Crippen molar-refractivity contribution in [3.05, 3.63) is 84.7 Å². The number of carbonyl (C=O) groups is 2. The van der Waals surface area contributed by atoms with Crippen molar-refractivity contribution in [3.8, 4) is 22.9 Å². The Hall–Kier alpha value is -4.58. The van der Waals surface area contributed by atoms with Crippen LogP contribution >= 0.6 is 11.3 Å². The molecule has 0 spiro atoms. The summed E-state index contributed by atoms with van der Waals surface area (Å²) < 4.78 is 50.0. The van der Waals surface area contributed by atoms with Gasteiger partial charge in [-0.2, -0.15) is 13.2 Å². The highest BCUT2D eigenvalue weighted by Gasteiger charge is 2.30. The van der Waals surface area contributed by atoms with E-state index in [2.05, 4.69) is 20.3 Å². The number of anilines is 1. The van der Waals surface area contributed by atoms with Crippen LogP contribution in [0.4, 0.5) is 18.3 Å². The Morgan fingerprint density at radius 1 is 1.08 bits per heavy atom. The van der Waals surface area contributed by atoms with Crippen LogP contribution in [0.15, 0.2) is 79.2 Å². The first kappa shape index (κ1) is 26.5. The SMILES string of the molecule is C/C=C/C=C/C(=O)OCC(=O)Nc1nc2c(Oc3cc(-c4ccc(C(F)(F)F)cc4)ncn3)cccc2s1. The Kier molecular flexibility index (Phi) is 8.12. The molecule has 0 fully saturated rings. The van der Waals surface area contributed by atoms with Crippen molar-refractivity contribution in [1.29, 1.82) is 0 Å². The van der Waals surface area contributed by atoms with Crippen molar-refractivity contribution in [1.82, 2.24) is 15.0 Å². The van der Waals surface area contributed by atoms with Gasteiger partial charge in [0.15, 0.2) is 17.5 Å². The maximum atomic E-state index is 12.9. The largest absolute Gasteiger partial charge is 0.452 e. The molecule has 2 aromatic heterocycles. The van der Waals surface area contributed by atoms with E-state index in [1.807, 2.05) is 0 Å². The van der Waals surface area contributed by atoms with Gasteiger partial charge in [0, 0.05) is 17.7 Å². The summed E-state index contributed by atoms with van der Waals surface area (Å²) >= 11 is 1.19. The number of hydrogen-bond acceptors (Lipinski definition) is 8. The average Bonchev–Trinajstić information content (AvgIpc) is 3.31. The number of allylic oxidation sites excluding steroid dienone is 3. The molecule has 4 rings (SSSR count). The molecule has 2 heterocycles. The van der Waals surface area contributed by atoms with Gasteiger partial charge in [0.2, 0.25) is 5.88 Å². The maximum absolute atomic E-state index is 12.9. The number of carbonyl (C=O) groups excluding carboxylic acids is 2. The Balaban J connectivity index is 1.46. The average molecular weight is 541 g/mol. The number of amides is 1. The molecule has 2 aromatic carbocycles. The molecular weight excluding hydrogens is 521 g/mol. The Morgan fingerprint density at radius 2 is 1.87 bits per heavy atom. The molecule has 0 unspecified atom stereocenters. The number of hydrogen-bond donors (Lipinski definition) is 1. The molecule has 0 aliphatic rings. The second-order valence-electron chi connectivity index (χ2n) is 7.58. The third kappa shape index (κ3) is 6.79. The summed E-state index contributed by atoms with van der Waals surface area (Å²) in [6, 6.07) is 11.3. The number of halogens is 3. The van der Waals surface area contributed by atoms with Crippen LogP contribution in [0.2, 0.25) is 0 Å². The second-order valence-corrected chi connectivity index (χ2v) is 8.61. The highest BCUT2D eigenvalue weighted by molar-refractivity contribution is 7.22. The first-order chi connectivity index (χ1) is 18.2. The topological polar surface area (TPSA) is 103 Å². The van der Waals surface area contributed by atoms with Gasteiger partial charge in [0.1, 0.15) is 11.8 Å². The molecule has 0 radical (unpaired) electrons. The number of benzene rings is 2. The van der Waals surface area contributed by atoms with Crippen molar-refractivity contribution in [3.63, 3.8) is 0 Å². The molecule has 0 aliphatic heterocycles. The van der Waals surface area contributed by atoms with Gasteiger partial charge in [-0.15, -0.1) is 0 Å². The van der Waals surface area contributed by atoms with E-state index in [-0.39, 0.29) is 11.0 Å². The van der Waals surface area contributed by atoms with Gasteiger partial charge in [-0.05, 0) is 31.2 Å². The Morgan fingerprint density at radius 3 is 2.61 bits per heavy atom. The number of para-hydroxylation sites is 1. The maximum Gasteiger partial charge on any atom is 0.416 e. The van der Waals surface area contributed by atoms with Crippen LogP contribution < -0.4 is 10.1 Å². The summed E-state index contributed by atoms with van der Waals surface area (Å²) in [7, 11) is 0. The molecule has 0 aliphatic carbocycles. The predicted molar refractivity (Wildman–Crippen MR) is 136 cm³/mol. The lowest BCUT2D eigenvalue weighted by Gasteiger charge is -2.09. The van der Waals surface area contributed by atoms with Crippen molar-refractivity contribution in [2.24, 2.45) is 0 Å². The fraction of sp³-hybridized carbons (Fsp3) is 0.115. The molecule has 0 atom stereocenters. The summed E-state index contributed by atoms with van der Waals surface area (Å²) in [5, 5.41) is 2.86. The van der Waals surface area contributed by atoms with E-state index < -0.39 is 30.2 Å². The van der Waals surface area contributed by atoms with E-state index in [1.54, 1.807) is 37.3 Å². The number of alkyl halides is 3. The van der Waals surface area contributed by atoms with Crippen molar-refractivity contribution in [2.45, 2.75) is 13.1 Å². The molecule has 0 saturated heterocycles. The van der Waals surface area contributed by atoms with Crippen LogP contribution in [0.3, 0.4) is 0 Å². The molecule has 194 valence electrons. The van der Waals surface area contributed by atoms with Gasteiger partial charge in [-0.25, -0.2) is 19.7 Å². The minimum atomic E-state index is -4.43. The van der Waals surface area contributed by atoms with E-state index in [4.69, 9.17) is 9.47 Å². The van der Waals surface area contributed by atoms with Crippen LogP contribution in [-0.2, 0) is 20.5 Å². The lowest BCUT2D eigenvalue weighted by Crippen LogP contribution is -2.19. The lowest BCUT2D eigenvalue weighted by molar-refractivity contribution is -0.142. The minimum absolute atomic E-state index is 0.152. The summed E-state index contributed by atoms with van der Waals surface area (Å²) in [5.41, 5.74) is 0.524. The molecule has 12 heteroatoms. The number of rotatable bonds is 8. The van der Waals surface area contributed by atoms with Crippen molar-refractivity contribution >= 4 is 38.6 Å². The summed E-state index contributed by atoms with van der Waals surface area (Å²) in [5.74, 6) is -0.717. The van der Waals surface area contributed by atoms with E-state index in [1.165, 1.54) is 48.0 Å². The zero-order chi connectivity index (χ0) is 27.1. The molecule has 4 aromatic rings. The third-order valence-electron chi connectivity index (χ3n) is 4.87. The normalized spacial score (nSPS) is 11.8. The zero-order valence-electron chi connectivity index (χ0n) is 19.7. The van der Waals surface area contributed by atoms with Gasteiger partial charge in [-0.1, -0.05) is 47.8 Å². The van der Waals surface area contributed by atoms with Gasteiger partial charge < -0.3 is 9.47 Å². The van der Waals surface area contributed by atoms with Gasteiger partial charge in [0.25, 0.3) is 5.91 Å². The van der Waals surface area contributed by atoms with Crippen LogP contribution in [0.1, 0.15) is 12.5 Å². The van der Waals surface area contributed by atoms with E-state index in [0.29, 0.717) is 27.2 Å². The smallest absolute Gasteiger partial charge is 0.416 e. The van der Waals surface area contributed by atoms with Crippen LogP contribution in [0.5, 0.6) is 11.6 Å². The molecule has 1 N–H and O–H groups in total. The standard InChI is InChI=1S/C26H19F3N4O4S/c1-2-3-4-8-23(35)36-14-21(34)32-25-33-24-19(6-5-7-20(24)38-25)37-22-13-18(30-15-31-22)16-9-11-17(12-10-16)26(27,28)29/h2-13,15H,14H2,1H3,(H,32,33,34)/b3-2+,8-4+. The number of thiazole rings is 1. The molecular formula is C26H19F3N4O4S. The van der Waals surface area contributed by atoms with Crippen molar-refractivity contribution < 1.29 is 32.2 Å². The quantitative estimate of drug-likeness (QED) is 0.162. The highest BCUT2D eigenvalue weighted by atomic mass is 32.1. The predicted octanol–water partition coefficient (Wildman–Crippen LogP) is 6.18. The molecule has 0 bridgehead atoms. The number of esters is 1. The summed E-state index contributed by atoms with van der Waals surface area (Å²) in [6.45, 7) is 1.32. The molecule has 1 amide bonds. The van der Waals surface area contributed by atoms with E-state index in [0.717, 1.165) is 12.1 Å². The van der Waals surface area contributed by atoms with Gasteiger partial charge in [-0.3, -0.25) is 10.1 Å². The zero-order valence-corrected chi connectivity index (χ0v) is 20.5. The number of ether oxygens (including phenoxy) is 2. The highest BCUT2D eigenvalue weighted by Crippen LogP contribution is 2.35. The Labute approximate surface area is 218 Å². The number of nitrogens with zero attached hydrogens (tertiary/aromatic N) is 3. The molecule has 38 heavy (non-hydrogen) atoms. The fourth-order valence-electron chi connectivity index (χ4n) is 3.14. The fourth-order valence-corrected chi connectivity index (χ4v) is 4.04. The number of aromatic nitrogens is 3. The second kappa shape index (κ2) is 11.6. The molecule has 8 nitrogen and oxygen atoms in total. The number of nitrogens with one attached hydrogen (secondary N) is 1. The summed E-state index contributed by atoms with van der Waals surface area (Å²) in [6.07, 6.45) is 2.90.